The van der Waals surface area contributed by atoms with E-state index in [0.717, 1.165) is 5.69 Å². The molecular formula is C23H24ClN9O3. The van der Waals surface area contributed by atoms with Gasteiger partial charge in [-0.15, -0.1) is 0 Å². The number of nitrogens with zero attached hydrogens (tertiary/aromatic N) is 6. The first-order chi connectivity index (χ1) is 17.4. The van der Waals surface area contributed by atoms with Crippen LogP contribution >= 0.6 is 11.6 Å². The van der Waals surface area contributed by atoms with E-state index < -0.39 is 6.09 Å². The number of aromatic nitrogens is 6. The van der Waals surface area contributed by atoms with Gasteiger partial charge in [0.2, 0.25) is 0 Å². The van der Waals surface area contributed by atoms with Crippen LogP contribution in [0.2, 0.25) is 5.02 Å². The number of halogens is 1. The van der Waals surface area contributed by atoms with Crippen molar-refractivity contribution in [1.29, 1.82) is 0 Å². The van der Waals surface area contributed by atoms with E-state index in [9.17, 15) is 9.59 Å². The molecule has 0 aromatic carbocycles. The lowest BCUT2D eigenvalue weighted by Gasteiger charge is -2.28. The quantitative estimate of drug-likeness (QED) is 0.358. The summed E-state index contributed by atoms with van der Waals surface area (Å²) in [4.78, 5) is 33.2. The second-order valence-electron chi connectivity index (χ2n) is 8.63. The minimum Gasteiger partial charge on any atom is -0.446 e. The summed E-state index contributed by atoms with van der Waals surface area (Å²) in [7, 11) is 1.81. The van der Waals surface area contributed by atoms with Crippen LogP contribution in [0.25, 0.3) is 16.9 Å². The predicted octanol–water partition coefficient (Wildman–Crippen LogP) is 3.06. The summed E-state index contributed by atoms with van der Waals surface area (Å²) >= 11 is 6.03. The minimum absolute atomic E-state index is 0.0512. The molecule has 1 fully saturated rings. The van der Waals surface area contributed by atoms with Crippen LogP contribution in [-0.4, -0.2) is 53.5 Å². The van der Waals surface area contributed by atoms with Crippen LogP contribution in [0.5, 0.6) is 0 Å². The molecule has 0 bridgehead atoms. The maximum Gasteiger partial charge on any atom is 0.404 e. The van der Waals surface area contributed by atoms with Gasteiger partial charge in [0, 0.05) is 31.7 Å². The Hall–Kier alpha value is -4.19. The molecule has 0 aliphatic heterocycles. The number of pyridine rings is 1. The van der Waals surface area contributed by atoms with E-state index >= 15 is 0 Å². The summed E-state index contributed by atoms with van der Waals surface area (Å²) in [6.07, 6.45) is 11.5. The first-order valence-electron chi connectivity index (χ1n) is 11.4. The molecule has 0 atom stereocenters. The molecule has 4 N–H and O–H groups in total. The van der Waals surface area contributed by atoms with Gasteiger partial charge in [0.05, 0.1) is 51.8 Å². The summed E-state index contributed by atoms with van der Waals surface area (Å²) in [6.45, 7) is 0. The number of ether oxygens (including phenoxy) is 1. The summed E-state index contributed by atoms with van der Waals surface area (Å²) in [5.74, 6) is -0.260. The largest absolute Gasteiger partial charge is 0.446 e. The zero-order valence-electron chi connectivity index (χ0n) is 19.4. The number of rotatable bonds is 6. The van der Waals surface area contributed by atoms with Gasteiger partial charge >= 0.3 is 6.09 Å². The fraction of sp³-hybridized carbons (Fsp3) is 0.304. The average molecular weight is 510 g/mol. The lowest BCUT2D eigenvalue weighted by molar-refractivity contribution is 0.0711. The Kier molecular flexibility index (Phi) is 6.42. The third kappa shape index (κ3) is 5.08. The lowest BCUT2D eigenvalue weighted by Crippen LogP contribution is -2.40. The molecule has 4 heterocycles. The van der Waals surface area contributed by atoms with Crippen LogP contribution in [0.3, 0.4) is 0 Å². The van der Waals surface area contributed by atoms with Gasteiger partial charge in [0.1, 0.15) is 6.10 Å². The second-order valence-corrected chi connectivity index (χ2v) is 9.06. The molecule has 36 heavy (non-hydrogen) atoms. The lowest BCUT2D eigenvalue weighted by atomic mass is 9.92. The number of hydrogen-bond donors (Lipinski definition) is 3. The van der Waals surface area contributed by atoms with E-state index in [2.05, 4.69) is 30.8 Å². The Morgan fingerprint density at radius 2 is 1.89 bits per heavy atom. The highest BCUT2D eigenvalue weighted by atomic mass is 35.5. The van der Waals surface area contributed by atoms with Crippen molar-refractivity contribution < 1.29 is 14.3 Å². The van der Waals surface area contributed by atoms with Crippen LogP contribution in [0.15, 0.2) is 43.2 Å². The van der Waals surface area contributed by atoms with Crippen molar-refractivity contribution in [3.8, 4) is 11.3 Å². The first-order valence-corrected chi connectivity index (χ1v) is 11.8. The van der Waals surface area contributed by atoms with E-state index in [4.69, 9.17) is 22.1 Å². The molecule has 0 saturated heterocycles. The third-order valence-electron chi connectivity index (χ3n) is 6.03. The van der Waals surface area contributed by atoms with Crippen molar-refractivity contribution in [2.75, 3.05) is 5.32 Å². The smallest absolute Gasteiger partial charge is 0.404 e. The van der Waals surface area contributed by atoms with Crippen LogP contribution in [-0.2, 0) is 11.8 Å². The maximum atomic E-state index is 13.3. The van der Waals surface area contributed by atoms with E-state index in [0.29, 0.717) is 58.9 Å². The number of primary amides is 1. The summed E-state index contributed by atoms with van der Waals surface area (Å²) < 4.78 is 8.32. The van der Waals surface area contributed by atoms with Crippen LogP contribution in [0.1, 0.15) is 36.0 Å². The molecule has 0 radical (unpaired) electrons. The number of aryl methyl sites for hydroxylation is 1. The number of fused-ring (bicyclic) bond motifs is 1. The molecule has 0 spiro atoms. The average Bonchev–Trinajstić information content (AvgIpc) is 3.45. The topological polar surface area (TPSA) is 154 Å². The van der Waals surface area contributed by atoms with Crippen LogP contribution in [0.4, 0.5) is 16.2 Å². The highest BCUT2D eigenvalue weighted by Crippen LogP contribution is 2.29. The first kappa shape index (κ1) is 23.5. The zero-order chi connectivity index (χ0) is 25.2. The Balaban J connectivity index is 1.41. The van der Waals surface area contributed by atoms with Gasteiger partial charge in [0.15, 0.2) is 5.65 Å². The summed E-state index contributed by atoms with van der Waals surface area (Å²) in [6, 6.07) is 1.73. The molecule has 2 amide bonds. The zero-order valence-corrected chi connectivity index (χ0v) is 20.1. The standard InChI is InChI=1S/C23H24ClN9O3/c1-32-12-15(8-28-32)30-20-6-19(17-10-29-33-11-13(24)7-27-21(17)33)26-9-18(20)22(34)31-14-2-4-16(5-3-14)36-23(25)35/h6-12,14,16H,2-5H2,1H3,(H2,25,35)(H,26,30)(H,31,34)/t14-,16-. The van der Waals surface area contributed by atoms with E-state index in [1.165, 1.54) is 6.20 Å². The molecule has 1 aliphatic carbocycles. The van der Waals surface area contributed by atoms with Crippen molar-refractivity contribution in [3.63, 3.8) is 0 Å². The van der Waals surface area contributed by atoms with Gasteiger partial charge in [-0.1, -0.05) is 11.6 Å². The number of nitrogens with one attached hydrogen (secondary N) is 2. The Labute approximate surface area is 210 Å². The van der Waals surface area contributed by atoms with Crippen molar-refractivity contribution in [3.05, 3.63) is 53.8 Å². The molecule has 0 unspecified atom stereocenters. The third-order valence-corrected chi connectivity index (χ3v) is 6.22. The highest BCUT2D eigenvalue weighted by Gasteiger charge is 2.26. The number of nitrogens with two attached hydrogens (primary N) is 1. The Morgan fingerprint density at radius 1 is 1.08 bits per heavy atom. The minimum atomic E-state index is -0.774. The molecule has 1 aliphatic rings. The van der Waals surface area contributed by atoms with Gasteiger partial charge in [0.25, 0.3) is 5.91 Å². The van der Waals surface area contributed by atoms with Gasteiger partial charge in [-0.2, -0.15) is 10.2 Å². The van der Waals surface area contributed by atoms with Crippen molar-refractivity contribution >= 4 is 40.6 Å². The monoisotopic (exact) mass is 509 g/mol. The summed E-state index contributed by atoms with van der Waals surface area (Å²) in [5.41, 5.74) is 8.65. The molecule has 4 aromatic rings. The molecule has 5 rings (SSSR count). The maximum absolute atomic E-state index is 13.3. The number of amides is 2. The highest BCUT2D eigenvalue weighted by molar-refractivity contribution is 6.30. The normalized spacial score (nSPS) is 17.6. The number of hydrogen-bond acceptors (Lipinski definition) is 8. The van der Waals surface area contributed by atoms with E-state index in [1.54, 1.807) is 46.2 Å². The molecule has 13 heteroatoms. The fourth-order valence-electron chi connectivity index (χ4n) is 4.31. The fourth-order valence-corrected chi connectivity index (χ4v) is 4.45. The Bertz CT molecular complexity index is 1430. The van der Waals surface area contributed by atoms with Crippen LogP contribution in [0, 0.1) is 0 Å². The van der Waals surface area contributed by atoms with Crippen molar-refractivity contribution in [2.45, 2.75) is 37.8 Å². The van der Waals surface area contributed by atoms with Crippen LogP contribution < -0.4 is 16.4 Å². The van der Waals surface area contributed by atoms with Gasteiger partial charge in [-0.25, -0.2) is 14.3 Å². The molecule has 12 nitrogen and oxygen atoms in total. The number of anilines is 2. The Morgan fingerprint density at radius 3 is 2.61 bits per heavy atom. The second kappa shape index (κ2) is 9.82. The van der Waals surface area contributed by atoms with Crippen molar-refractivity contribution in [2.24, 2.45) is 12.8 Å². The summed E-state index contributed by atoms with van der Waals surface area (Å²) in [5, 5.41) is 15.3. The van der Waals surface area contributed by atoms with Gasteiger partial charge in [-0.3, -0.25) is 14.5 Å². The SMILES string of the molecule is Cn1cc(Nc2cc(-c3cnn4cc(Cl)cnc34)ncc2C(=O)N[C@H]2CC[C@H](OC(N)=O)CC2)cn1. The van der Waals surface area contributed by atoms with Gasteiger partial charge in [-0.05, 0) is 31.7 Å². The predicted molar refractivity (Wildman–Crippen MR) is 132 cm³/mol. The molecule has 1 saturated carbocycles. The van der Waals surface area contributed by atoms with Crippen molar-refractivity contribution in [1.82, 2.24) is 34.7 Å². The van der Waals surface area contributed by atoms with E-state index in [-0.39, 0.29) is 18.1 Å². The molecular weight excluding hydrogens is 486 g/mol. The number of carbonyl (C=O) groups excluding carboxylic acids is 2. The molecule has 4 aromatic heterocycles. The van der Waals surface area contributed by atoms with Gasteiger partial charge < -0.3 is 21.1 Å². The molecule has 186 valence electrons. The van der Waals surface area contributed by atoms with E-state index in [1.807, 2.05) is 7.05 Å². The number of carbonyl (C=O) groups is 2.